The van der Waals surface area contributed by atoms with Crippen molar-refractivity contribution in [1.29, 1.82) is 0 Å². The summed E-state index contributed by atoms with van der Waals surface area (Å²) in [6.07, 6.45) is 1.50. The molecule has 0 rings (SSSR count). The van der Waals surface area contributed by atoms with Gasteiger partial charge in [0.25, 0.3) is 0 Å². The molecule has 6 heavy (non-hydrogen) atoms. The van der Waals surface area contributed by atoms with Crippen LogP contribution in [0.2, 0.25) is 0 Å². The molecule has 0 aromatic rings. The van der Waals surface area contributed by atoms with Crippen molar-refractivity contribution in [1.82, 2.24) is 0 Å². The molecular weight excluding hydrogens is 105 g/mol. The maximum atomic E-state index is 3.25. The third-order valence-electron chi connectivity index (χ3n) is 0. The summed E-state index contributed by atoms with van der Waals surface area (Å²) in [5.74, 6) is 0. The van der Waals surface area contributed by atoms with E-state index in [0.29, 0.717) is 0 Å². The Kier molecular flexibility index (Phi) is 94.1. The van der Waals surface area contributed by atoms with E-state index < -0.39 is 0 Å². The van der Waals surface area contributed by atoms with Gasteiger partial charge in [-0.05, 0) is 0 Å². The van der Waals surface area contributed by atoms with Gasteiger partial charge < -0.3 is 20.3 Å². The zero-order chi connectivity index (χ0) is 2.71. The van der Waals surface area contributed by atoms with Gasteiger partial charge in [0.2, 0.25) is 0 Å². The molecule has 0 nitrogen and oxygen atoms in total. The van der Waals surface area contributed by atoms with Gasteiger partial charge in [-0.1, -0.05) is 0 Å². The van der Waals surface area contributed by atoms with Crippen LogP contribution in [0.3, 0.4) is 0 Å². The minimum atomic E-state index is 0. The Labute approximate surface area is 107 Å². The van der Waals surface area contributed by atoms with E-state index in [2.05, 4.69) is 13.8 Å². The van der Waals surface area contributed by atoms with Gasteiger partial charge in [0.05, 0.1) is 0 Å². The van der Waals surface area contributed by atoms with Crippen LogP contribution in [0, 0.1) is 20.3 Å². The zero-order valence-electron chi connectivity index (χ0n) is 4.99. The minimum absolute atomic E-state index is 0. The van der Waals surface area contributed by atoms with E-state index >= 15 is 0 Å². The Balaban J connectivity index is -0.00000000667. The van der Waals surface area contributed by atoms with E-state index in [-0.39, 0.29) is 88.7 Å². The van der Waals surface area contributed by atoms with E-state index in [1.54, 1.807) is 0 Å². The quantitative estimate of drug-likeness (QED) is 0.214. The van der Waals surface area contributed by atoms with Crippen LogP contribution in [0.1, 0.15) is 0 Å². The largest absolute Gasteiger partial charge is 1.00 e. The van der Waals surface area contributed by atoms with E-state index in [9.17, 15) is 0 Å². The summed E-state index contributed by atoms with van der Waals surface area (Å²) in [4.78, 5) is 0. The van der Waals surface area contributed by atoms with Crippen LogP contribution in [0.25, 0.3) is 0 Å². The van der Waals surface area contributed by atoms with Crippen molar-refractivity contribution < 1.29 is 88.7 Å². The van der Waals surface area contributed by atoms with Gasteiger partial charge in [0, 0.05) is 0 Å². The standard InChI is InChI=1S/C3H5.3Na/c1-3-2;;;/h3H,1-2H2;;;/q-3;3*+1. The third kappa shape index (κ3) is 28.0. The molecule has 0 bridgehead atoms. The molecule has 0 unspecified atom stereocenters. The van der Waals surface area contributed by atoms with Crippen molar-refractivity contribution in [2.24, 2.45) is 0 Å². The van der Waals surface area contributed by atoms with Gasteiger partial charge in [-0.15, -0.1) is 0 Å². The summed E-state index contributed by atoms with van der Waals surface area (Å²) in [6, 6.07) is 0. The molecule has 0 radical (unpaired) electrons. The second kappa shape index (κ2) is 24.5. The van der Waals surface area contributed by atoms with Gasteiger partial charge >= 0.3 is 88.7 Å². The first kappa shape index (κ1) is 23.0. The van der Waals surface area contributed by atoms with Gasteiger partial charge in [-0.2, -0.15) is 0 Å². The average Bonchev–Trinajstić information content (AvgIpc) is 0.918. The van der Waals surface area contributed by atoms with Crippen LogP contribution in [0.4, 0.5) is 0 Å². The first-order valence-electron chi connectivity index (χ1n) is 0.816. The topological polar surface area (TPSA) is 0 Å². The molecule has 20 valence electrons. The molecule has 0 heterocycles. The molecule has 0 saturated carbocycles. The fourth-order valence-corrected chi connectivity index (χ4v) is 0. The Hall–Kier alpha value is 3.00. The van der Waals surface area contributed by atoms with Crippen LogP contribution in [-0.4, -0.2) is 0 Å². The van der Waals surface area contributed by atoms with Gasteiger partial charge in [0.15, 0.2) is 0 Å². The molecule has 0 aromatic carbocycles. The van der Waals surface area contributed by atoms with Crippen molar-refractivity contribution in [3.05, 3.63) is 20.3 Å². The summed E-state index contributed by atoms with van der Waals surface area (Å²) in [5.41, 5.74) is 0. The van der Waals surface area contributed by atoms with E-state index in [1.165, 1.54) is 6.42 Å². The maximum Gasteiger partial charge on any atom is 1.00 e. The summed E-state index contributed by atoms with van der Waals surface area (Å²) in [7, 11) is 0. The fraction of sp³-hybridized carbons (Fsp3) is 0. The van der Waals surface area contributed by atoms with Crippen molar-refractivity contribution >= 4 is 0 Å². The summed E-state index contributed by atoms with van der Waals surface area (Å²) in [5, 5.41) is 0. The second-order valence-electron chi connectivity index (χ2n) is 0.289. The van der Waals surface area contributed by atoms with Crippen molar-refractivity contribution in [2.75, 3.05) is 0 Å². The molecule has 0 aromatic heterocycles. The summed E-state index contributed by atoms with van der Waals surface area (Å²) < 4.78 is 0. The number of hydrogen-bond acceptors (Lipinski definition) is 0. The van der Waals surface area contributed by atoms with E-state index in [1.807, 2.05) is 0 Å². The molecule has 0 aliphatic carbocycles. The SMILES string of the molecule is [CH2-][CH-][CH2-].[Na+].[Na+].[Na+]. The molecule has 0 aliphatic rings. The van der Waals surface area contributed by atoms with Gasteiger partial charge in [-0.3, -0.25) is 0 Å². The van der Waals surface area contributed by atoms with Crippen LogP contribution >= 0.6 is 0 Å². The van der Waals surface area contributed by atoms with E-state index in [4.69, 9.17) is 0 Å². The normalized spacial score (nSPS) is 3.00. The van der Waals surface area contributed by atoms with Crippen molar-refractivity contribution in [3.8, 4) is 0 Å². The van der Waals surface area contributed by atoms with Crippen LogP contribution < -0.4 is 88.7 Å². The molecular formula is C3H5Na3. The Morgan fingerprint density at radius 1 is 0.833 bits per heavy atom. The average molecular weight is 110 g/mol. The molecule has 0 atom stereocenters. The monoisotopic (exact) mass is 110 g/mol. The minimum Gasteiger partial charge on any atom is -0.673 e. The van der Waals surface area contributed by atoms with Crippen LogP contribution in [0.15, 0.2) is 0 Å². The molecule has 0 fully saturated rings. The first-order chi connectivity index (χ1) is 1.41. The number of hydrogen-bond donors (Lipinski definition) is 0. The Bertz CT molecular complexity index is 6.00. The van der Waals surface area contributed by atoms with Gasteiger partial charge in [-0.25, -0.2) is 0 Å². The Morgan fingerprint density at radius 3 is 0.833 bits per heavy atom. The zero-order valence-corrected chi connectivity index (χ0v) is 11.0. The molecule has 0 aliphatic heterocycles. The van der Waals surface area contributed by atoms with Crippen molar-refractivity contribution in [3.63, 3.8) is 0 Å². The predicted octanol–water partition coefficient (Wildman–Crippen LogP) is -8.13. The molecule has 0 spiro atoms. The van der Waals surface area contributed by atoms with Crippen molar-refractivity contribution in [2.45, 2.75) is 0 Å². The fourth-order valence-electron chi connectivity index (χ4n) is 0. The smallest absolute Gasteiger partial charge is 0.673 e. The first-order valence-corrected chi connectivity index (χ1v) is 0.816. The second-order valence-corrected chi connectivity index (χ2v) is 0.289. The Morgan fingerprint density at radius 2 is 0.833 bits per heavy atom. The predicted molar refractivity (Wildman–Crippen MR) is 15.0 cm³/mol. The molecule has 3 heteroatoms. The maximum absolute atomic E-state index is 3.25. The summed E-state index contributed by atoms with van der Waals surface area (Å²) >= 11 is 0. The third-order valence-corrected chi connectivity index (χ3v) is 0. The van der Waals surface area contributed by atoms with Crippen LogP contribution in [0.5, 0.6) is 0 Å². The molecule has 0 saturated heterocycles. The van der Waals surface area contributed by atoms with Crippen LogP contribution in [-0.2, 0) is 0 Å². The summed E-state index contributed by atoms with van der Waals surface area (Å²) in [6.45, 7) is 6.50. The van der Waals surface area contributed by atoms with E-state index in [0.717, 1.165) is 0 Å². The molecule has 0 amide bonds. The number of rotatable bonds is 0. The molecule has 0 N–H and O–H groups in total. The van der Waals surface area contributed by atoms with Gasteiger partial charge in [0.1, 0.15) is 0 Å².